The SMILES string of the molecule is N#C[C@H](NC(c1ccccc1)c1ccccc1)c1ccc(Br)cc1. The molecule has 0 radical (unpaired) electrons. The van der Waals surface area contributed by atoms with Gasteiger partial charge in [-0.1, -0.05) is 88.7 Å². The van der Waals surface area contributed by atoms with Gasteiger partial charge in [0.2, 0.25) is 0 Å². The van der Waals surface area contributed by atoms with E-state index < -0.39 is 0 Å². The highest BCUT2D eigenvalue weighted by molar-refractivity contribution is 9.10. The van der Waals surface area contributed by atoms with Gasteiger partial charge in [0.25, 0.3) is 0 Å². The van der Waals surface area contributed by atoms with Crippen LogP contribution in [0.1, 0.15) is 28.8 Å². The second kappa shape index (κ2) is 7.92. The number of benzene rings is 3. The Bertz CT molecular complexity index is 768. The molecule has 0 amide bonds. The van der Waals surface area contributed by atoms with E-state index in [0.717, 1.165) is 21.2 Å². The first kappa shape index (κ1) is 16.4. The van der Waals surface area contributed by atoms with Gasteiger partial charge in [-0.3, -0.25) is 5.32 Å². The number of halogens is 1. The Kier molecular flexibility index (Phi) is 5.43. The van der Waals surface area contributed by atoms with Gasteiger partial charge < -0.3 is 0 Å². The van der Waals surface area contributed by atoms with Crippen LogP contribution >= 0.6 is 15.9 Å². The minimum absolute atomic E-state index is 0.0410. The van der Waals surface area contributed by atoms with Crippen molar-refractivity contribution in [1.82, 2.24) is 5.32 Å². The van der Waals surface area contributed by atoms with Crippen molar-refractivity contribution < 1.29 is 0 Å². The predicted octanol–water partition coefficient (Wildman–Crippen LogP) is 5.39. The molecule has 3 heteroatoms. The summed E-state index contributed by atoms with van der Waals surface area (Å²) in [5, 5.41) is 13.2. The van der Waals surface area contributed by atoms with E-state index in [2.05, 4.69) is 51.6 Å². The minimum atomic E-state index is -0.386. The maximum Gasteiger partial charge on any atom is 0.122 e. The Labute approximate surface area is 150 Å². The summed E-state index contributed by atoms with van der Waals surface area (Å²) in [5.74, 6) is 0. The molecule has 24 heavy (non-hydrogen) atoms. The van der Waals surface area contributed by atoms with Crippen LogP contribution < -0.4 is 5.32 Å². The van der Waals surface area contributed by atoms with Crippen molar-refractivity contribution in [2.45, 2.75) is 12.1 Å². The summed E-state index contributed by atoms with van der Waals surface area (Å²) >= 11 is 3.44. The van der Waals surface area contributed by atoms with Crippen molar-refractivity contribution in [3.63, 3.8) is 0 Å². The Hall–Kier alpha value is -2.41. The quantitative estimate of drug-likeness (QED) is 0.647. The fraction of sp³-hybridized carbons (Fsp3) is 0.0952. The molecule has 0 fully saturated rings. The molecule has 2 nitrogen and oxygen atoms in total. The normalized spacial score (nSPS) is 11.9. The first-order valence-corrected chi connectivity index (χ1v) is 8.58. The minimum Gasteiger partial charge on any atom is -0.287 e. The topological polar surface area (TPSA) is 35.8 Å². The average Bonchev–Trinajstić information content (AvgIpc) is 2.65. The van der Waals surface area contributed by atoms with Crippen molar-refractivity contribution in [1.29, 1.82) is 5.26 Å². The van der Waals surface area contributed by atoms with Crippen molar-refractivity contribution in [2.75, 3.05) is 0 Å². The van der Waals surface area contributed by atoms with Gasteiger partial charge in [-0.25, -0.2) is 0 Å². The molecule has 0 heterocycles. The van der Waals surface area contributed by atoms with Crippen molar-refractivity contribution in [3.05, 3.63) is 106 Å². The molecule has 0 spiro atoms. The molecule has 0 aliphatic heterocycles. The van der Waals surface area contributed by atoms with Gasteiger partial charge >= 0.3 is 0 Å². The van der Waals surface area contributed by atoms with E-state index in [-0.39, 0.29) is 12.1 Å². The van der Waals surface area contributed by atoms with Crippen molar-refractivity contribution >= 4 is 15.9 Å². The molecule has 0 aliphatic carbocycles. The van der Waals surface area contributed by atoms with Crippen LogP contribution in [0.3, 0.4) is 0 Å². The van der Waals surface area contributed by atoms with E-state index in [1.165, 1.54) is 0 Å². The van der Waals surface area contributed by atoms with Gasteiger partial charge in [0.1, 0.15) is 6.04 Å². The Morgan fingerprint density at radius 1 is 0.708 bits per heavy atom. The smallest absolute Gasteiger partial charge is 0.122 e. The second-order valence-electron chi connectivity index (χ2n) is 5.53. The molecule has 3 aromatic rings. The molecule has 0 saturated carbocycles. The molecular formula is C21H17BrN2. The number of nitriles is 1. The van der Waals surface area contributed by atoms with Crippen LogP contribution in [-0.2, 0) is 0 Å². The molecule has 1 atom stereocenters. The summed E-state index contributed by atoms with van der Waals surface area (Å²) in [4.78, 5) is 0. The highest BCUT2D eigenvalue weighted by Crippen LogP contribution is 2.26. The number of hydrogen-bond acceptors (Lipinski definition) is 2. The van der Waals surface area contributed by atoms with Crippen LogP contribution in [-0.4, -0.2) is 0 Å². The van der Waals surface area contributed by atoms with Crippen LogP contribution in [0.25, 0.3) is 0 Å². The van der Waals surface area contributed by atoms with Gasteiger partial charge in [0.05, 0.1) is 12.1 Å². The van der Waals surface area contributed by atoms with Gasteiger partial charge in [0.15, 0.2) is 0 Å². The zero-order valence-electron chi connectivity index (χ0n) is 13.1. The van der Waals surface area contributed by atoms with E-state index in [4.69, 9.17) is 0 Å². The third-order valence-corrected chi connectivity index (χ3v) is 4.46. The lowest BCUT2D eigenvalue weighted by molar-refractivity contribution is 0.559. The number of hydrogen-bond donors (Lipinski definition) is 1. The van der Waals surface area contributed by atoms with Crippen LogP contribution in [0.5, 0.6) is 0 Å². The Morgan fingerprint density at radius 2 is 1.21 bits per heavy atom. The summed E-state index contributed by atoms with van der Waals surface area (Å²) in [6.45, 7) is 0. The largest absolute Gasteiger partial charge is 0.287 e. The Morgan fingerprint density at radius 3 is 1.67 bits per heavy atom. The Balaban J connectivity index is 1.94. The maximum atomic E-state index is 9.67. The van der Waals surface area contributed by atoms with Crippen LogP contribution in [0, 0.1) is 11.3 Å². The molecule has 3 aromatic carbocycles. The van der Waals surface area contributed by atoms with Crippen LogP contribution in [0.2, 0.25) is 0 Å². The van der Waals surface area contributed by atoms with Gasteiger partial charge in [-0.05, 0) is 28.8 Å². The lowest BCUT2D eigenvalue weighted by atomic mass is 9.96. The molecule has 3 rings (SSSR count). The summed E-state index contributed by atoms with van der Waals surface area (Å²) < 4.78 is 1.01. The first-order chi connectivity index (χ1) is 11.8. The molecular weight excluding hydrogens is 360 g/mol. The number of nitrogens with zero attached hydrogens (tertiary/aromatic N) is 1. The highest BCUT2D eigenvalue weighted by atomic mass is 79.9. The van der Waals surface area contributed by atoms with Crippen LogP contribution in [0.15, 0.2) is 89.4 Å². The van der Waals surface area contributed by atoms with Crippen molar-refractivity contribution in [2.24, 2.45) is 0 Å². The molecule has 0 unspecified atom stereocenters. The molecule has 0 aliphatic rings. The summed E-state index contributed by atoms with van der Waals surface area (Å²) in [6, 6.07) is 30.2. The van der Waals surface area contributed by atoms with E-state index in [1.54, 1.807) is 0 Å². The molecule has 0 saturated heterocycles. The van der Waals surface area contributed by atoms with E-state index in [0.29, 0.717) is 0 Å². The second-order valence-corrected chi connectivity index (χ2v) is 6.45. The summed E-state index contributed by atoms with van der Waals surface area (Å²) in [5.41, 5.74) is 3.24. The fourth-order valence-corrected chi connectivity index (χ4v) is 2.97. The summed E-state index contributed by atoms with van der Waals surface area (Å²) in [7, 11) is 0. The van der Waals surface area contributed by atoms with Gasteiger partial charge in [-0.15, -0.1) is 0 Å². The molecule has 0 aromatic heterocycles. The average molecular weight is 377 g/mol. The molecule has 118 valence electrons. The highest BCUT2D eigenvalue weighted by Gasteiger charge is 2.19. The van der Waals surface area contributed by atoms with Gasteiger partial charge in [-0.2, -0.15) is 5.26 Å². The first-order valence-electron chi connectivity index (χ1n) is 7.79. The predicted molar refractivity (Wildman–Crippen MR) is 100 cm³/mol. The van der Waals surface area contributed by atoms with E-state index >= 15 is 0 Å². The van der Waals surface area contributed by atoms with Gasteiger partial charge in [0, 0.05) is 4.47 Å². The van der Waals surface area contributed by atoms with E-state index in [1.807, 2.05) is 60.7 Å². The lowest BCUT2D eigenvalue weighted by Crippen LogP contribution is -2.26. The zero-order chi connectivity index (χ0) is 16.8. The number of nitrogens with one attached hydrogen (secondary N) is 1. The standard InChI is InChI=1S/C21H17BrN2/c22-19-13-11-16(12-14-19)20(15-23)24-21(17-7-3-1-4-8-17)18-9-5-2-6-10-18/h1-14,20-21,24H/t20-/m0/s1. The zero-order valence-corrected chi connectivity index (χ0v) is 14.6. The third-order valence-electron chi connectivity index (χ3n) is 3.93. The molecule has 0 bridgehead atoms. The maximum absolute atomic E-state index is 9.67. The fourth-order valence-electron chi connectivity index (χ4n) is 2.71. The van der Waals surface area contributed by atoms with E-state index in [9.17, 15) is 5.26 Å². The lowest BCUT2D eigenvalue weighted by Gasteiger charge is -2.23. The monoisotopic (exact) mass is 376 g/mol. The number of rotatable bonds is 5. The third kappa shape index (κ3) is 3.91. The van der Waals surface area contributed by atoms with Crippen molar-refractivity contribution in [3.8, 4) is 6.07 Å². The molecule has 1 N–H and O–H groups in total. The summed E-state index contributed by atoms with van der Waals surface area (Å²) in [6.07, 6.45) is 0. The van der Waals surface area contributed by atoms with Crippen LogP contribution in [0.4, 0.5) is 0 Å².